The molecule has 3 N–H and O–H groups in total. The third kappa shape index (κ3) is 7.43. The van der Waals surface area contributed by atoms with Crippen LogP contribution in [-0.2, 0) is 9.20 Å². The molecule has 0 radical (unpaired) electrons. The lowest BCUT2D eigenvalue weighted by Crippen LogP contribution is -2.03. The molecule has 0 aliphatic carbocycles. The third-order valence-electron chi connectivity index (χ3n) is 1.28. The van der Waals surface area contributed by atoms with E-state index in [1.165, 1.54) is 0 Å². The molecule has 6 heteroatoms. The molecule has 1 heterocycles. The van der Waals surface area contributed by atoms with Crippen molar-refractivity contribution in [1.82, 2.24) is 0 Å². The molecule has 0 saturated carbocycles. The lowest BCUT2D eigenvalue weighted by Gasteiger charge is -1.96. The van der Waals surface area contributed by atoms with Gasteiger partial charge in [-0.25, -0.2) is 0 Å². The van der Waals surface area contributed by atoms with Gasteiger partial charge in [0.05, 0.1) is 6.61 Å². The summed E-state index contributed by atoms with van der Waals surface area (Å²) in [4.78, 5) is 14.3. The summed E-state index contributed by atoms with van der Waals surface area (Å²) in [6.07, 6.45) is 1.04. The van der Waals surface area contributed by atoms with E-state index in [9.17, 15) is 0 Å². The molecular weight excluding hydrogens is 168 g/mol. The summed E-state index contributed by atoms with van der Waals surface area (Å²) in [6.45, 7) is 1.89. The summed E-state index contributed by atoms with van der Waals surface area (Å²) >= 11 is 0. The van der Waals surface area contributed by atoms with Crippen molar-refractivity contribution >= 4 is 9.17 Å². The highest BCUT2D eigenvalue weighted by atomic mass is 28.3. The first-order valence-corrected chi connectivity index (χ1v) is 4.57. The Morgan fingerprint density at radius 1 is 1.55 bits per heavy atom. The van der Waals surface area contributed by atoms with Gasteiger partial charge in [0.1, 0.15) is 0 Å². The predicted octanol–water partition coefficient (Wildman–Crippen LogP) is -1.60. The van der Waals surface area contributed by atoms with Crippen molar-refractivity contribution in [3.05, 3.63) is 0 Å². The van der Waals surface area contributed by atoms with Crippen molar-refractivity contribution in [2.24, 2.45) is 5.92 Å². The van der Waals surface area contributed by atoms with Crippen LogP contribution in [0, 0.1) is 5.92 Å². The summed E-state index contributed by atoms with van der Waals surface area (Å²) in [5, 5.41) is 8.49. The summed E-state index contributed by atoms with van der Waals surface area (Å²) in [5.41, 5.74) is 0. The van der Waals surface area contributed by atoms with E-state index in [2.05, 4.69) is 0 Å². The Hall–Kier alpha value is -0.463. The molecule has 1 aliphatic rings. The van der Waals surface area contributed by atoms with Crippen LogP contribution in [0.2, 0.25) is 0 Å². The molecule has 0 aromatic heterocycles. The van der Waals surface area contributed by atoms with Gasteiger partial charge in [-0.1, -0.05) is 0 Å². The van der Waals surface area contributed by atoms with Gasteiger partial charge in [0.2, 0.25) is 0 Å². The van der Waals surface area contributed by atoms with Crippen molar-refractivity contribution in [2.75, 3.05) is 19.8 Å². The maximum atomic E-state index is 8.74. The Labute approximate surface area is 66.1 Å². The molecule has 11 heavy (non-hydrogen) atoms. The summed E-state index contributed by atoms with van der Waals surface area (Å²) in [6, 6.07) is 0. The fraction of sp³-hybridized carbons (Fsp3) is 1.00. The van der Waals surface area contributed by atoms with Crippen molar-refractivity contribution in [1.29, 1.82) is 0 Å². The average molecular weight is 180 g/mol. The van der Waals surface area contributed by atoms with Crippen molar-refractivity contribution in [3.8, 4) is 0 Å². The zero-order valence-corrected chi connectivity index (χ0v) is 7.06. The Morgan fingerprint density at radius 3 is 2.27 bits per heavy atom. The summed E-state index contributed by atoms with van der Waals surface area (Å²) in [7, 11) is -3.13. The fourth-order valence-corrected chi connectivity index (χ4v) is 0.727. The van der Waals surface area contributed by atoms with Crippen LogP contribution in [-0.4, -0.2) is 43.7 Å². The summed E-state index contributed by atoms with van der Waals surface area (Å²) < 4.78 is 13.7. The first-order chi connectivity index (χ1) is 5.16. The van der Waals surface area contributed by atoms with E-state index in [-0.39, 0.29) is 0 Å². The van der Waals surface area contributed by atoms with Crippen molar-refractivity contribution < 1.29 is 23.9 Å². The Bertz CT molecular complexity index is 107. The van der Waals surface area contributed by atoms with Gasteiger partial charge in [0.25, 0.3) is 0 Å². The highest BCUT2D eigenvalue weighted by Crippen LogP contribution is 2.09. The fourth-order valence-electron chi connectivity index (χ4n) is 0.727. The molecule has 0 bridgehead atoms. The van der Waals surface area contributed by atoms with Gasteiger partial charge in [0.15, 0.2) is 0 Å². The van der Waals surface area contributed by atoms with Crippen LogP contribution in [0.15, 0.2) is 0 Å². The van der Waals surface area contributed by atoms with Gasteiger partial charge in [-0.05, 0) is 6.42 Å². The van der Waals surface area contributed by atoms with Crippen LogP contribution in [0.5, 0.6) is 0 Å². The SMILES string of the molecule is O=[Si](O)O.OCC1CCOC1. The number of aliphatic hydroxyl groups excluding tert-OH is 1. The number of rotatable bonds is 1. The quantitative estimate of drug-likeness (QED) is 0.423. The Kier molecular flexibility index (Phi) is 6.00. The first-order valence-electron chi connectivity index (χ1n) is 3.27. The number of hydrogen-bond donors (Lipinski definition) is 3. The van der Waals surface area contributed by atoms with Crippen LogP contribution < -0.4 is 0 Å². The molecule has 1 fully saturated rings. The molecular formula is C5H12O5Si. The van der Waals surface area contributed by atoms with Gasteiger partial charge in [0, 0.05) is 19.1 Å². The molecule has 5 nitrogen and oxygen atoms in total. The number of ether oxygens (including phenoxy) is 1. The summed E-state index contributed by atoms with van der Waals surface area (Å²) in [5.74, 6) is 0.431. The second kappa shape index (κ2) is 6.26. The van der Waals surface area contributed by atoms with Crippen LogP contribution in [0.25, 0.3) is 0 Å². The van der Waals surface area contributed by atoms with Gasteiger partial charge < -0.3 is 19.4 Å². The smallest absolute Gasteiger partial charge is 0.511 e. The molecule has 66 valence electrons. The molecule has 1 aliphatic heterocycles. The minimum Gasteiger partial charge on any atom is -0.511 e. The maximum Gasteiger partial charge on any atom is 0.761 e. The van der Waals surface area contributed by atoms with E-state index in [1.807, 2.05) is 0 Å². The largest absolute Gasteiger partial charge is 0.761 e. The van der Waals surface area contributed by atoms with Gasteiger partial charge >= 0.3 is 9.17 Å². The maximum absolute atomic E-state index is 8.74. The van der Waals surface area contributed by atoms with Crippen LogP contribution in [0.3, 0.4) is 0 Å². The second-order valence-corrected chi connectivity index (χ2v) is 2.76. The molecule has 0 aromatic carbocycles. The predicted molar refractivity (Wildman–Crippen MR) is 36.9 cm³/mol. The number of aliphatic hydroxyl groups is 1. The van der Waals surface area contributed by atoms with Crippen LogP contribution in [0.4, 0.5) is 0 Å². The standard InChI is InChI=1S/C5H10O2.H2O3Si/c6-3-5-1-2-7-4-5;1-4(2)3/h5-6H,1-4H2;1-2H. The minimum absolute atomic E-state index is 0.292. The highest BCUT2D eigenvalue weighted by Gasteiger charge is 2.12. The lowest BCUT2D eigenvalue weighted by molar-refractivity contribution is 0.161. The van der Waals surface area contributed by atoms with E-state index < -0.39 is 9.17 Å². The normalized spacial score (nSPS) is 22.1. The van der Waals surface area contributed by atoms with E-state index in [0.29, 0.717) is 12.5 Å². The molecule has 0 aromatic rings. The molecule has 1 atom stereocenters. The molecule has 1 rings (SSSR count). The zero-order valence-electron chi connectivity index (χ0n) is 6.06. The van der Waals surface area contributed by atoms with Crippen molar-refractivity contribution in [2.45, 2.75) is 6.42 Å². The van der Waals surface area contributed by atoms with Crippen LogP contribution in [0.1, 0.15) is 6.42 Å². The van der Waals surface area contributed by atoms with Crippen molar-refractivity contribution in [3.63, 3.8) is 0 Å². The molecule has 1 unspecified atom stereocenters. The third-order valence-corrected chi connectivity index (χ3v) is 1.28. The second-order valence-electron chi connectivity index (χ2n) is 2.19. The lowest BCUT2D eigenvalue weighted by atomic mass is 10.1. The van der Waals surface area contributed by atoms with Gasteiger partial charge in [-0.3, -0.25) is 4.46 Å². The Balaban J connectivity index is 0.000000218. The van der Waals surface area contributed by atoms with Crippen LogP contribution >= 0.6 is 0 Å². The molecule has 0 spiro atoms. The van der Waals surface area contributed by atoms with E-state index >= 15 is 0 Å². The average Bonchev–Trinajstić information content (AvgIpc) is 2.36. The van der Waals surface area contributed by atoms with Gasteiger partial charge in [-0.2, -0.15) is 0 Å². The highest BCUT2D eigenvalue weighted by molar-refractivity contribution is 6.22. The monoisotopic (exact) mass is 180 g/mol. The van der Waals surface area contributed by atoms with E-state index in [1.54, 1.807) is 0 Å². The first kappa shape index (κ1) is 10.5. The van der Waals surface area contributed by atoms with E-state index in [0.717, 1.165) is 19.6 Å². The van der Waals surface area contributed by atoms with Gasteiger partial charge in [-0.15, -0.1) is 0 Å². The molecule has 0 amide bonds. The number of hydrogen-bond acceptors (Lipinski definition) is 3. The van der Waals surface area contributed by atoms with E-state index in [4.69, 9.17) is 23.9 Å². The zero-order chi connectivity index (χ0) is 8.69. The molecule has 1 saturated heterocycles. The topological polar surface area (TPSA) is 87.0 Å². The Morgan fingerprint density at radius 2 is 2.09 bits per heavy atom. The minimum atomic E-state index is -3.13.